The molecule has 0 spiro atoms. The van der Waals surface area contributed by atoms with Crippen LogP contribution in [-0.4, -0.2) is 76.1 Å². The fourth-order valence-corrected chi connectivity index (χ4v) is 9.60. The Hall–Kier alpha value is -5.74. The average molecular weight is 757 g/mol. The van der Waals surface area contributed by atoms with Crippen molar-refractivity contribution in [2.75, 3.05) is 23.7 Å². The van der Waals surface area contributed by atoms with Crippen molar-refractivity contribution in [3.63, 3.8) is 0 Å². The van der Waals surface area contributed by atoms with Crippen molar-refractivity contribution < 1.29 is 28.8 Å². The standard InChI is InChI=1S/C42H40N6O6S/c1-4-23-19-27-28(42(2,3)38-36(37(27)51)25-9-8-22(21-43)18-29(25)45-38)20-31(23)47-15-12-24(13-16-47)44-34(50)14-17-55-32-7-5-6-26-35(32)41(54)48(40(26)53)30-10-11-33(49)46-39(30)52/h5-9,18-20,24,30,45H,4,10-17H2,1-3H3,(H,44,50)(H,46,49,52). The van der Waals surface area contributed by atoms with Crippen LogP contribution in [0.1, 0.15) is 112 Å². The number of amides is 5. The topological polar surface area (TPSA) is 173 Å². The van der Waals surface area contributed by atoms with E-state index in [1.807, 2.05) is 6.07 Å². The van der Waals surface area contributed by atoms with Crippen LogP contribution in [0.4, 0.5) is 5.69 Å². The Bertz CT molecular complexity index is 2400. The first kappa shape index (κ1) is 36.2. The zero-order valence-corrected chi connectivity index (χ0v) is 31.7. The Morgan fingerprint density at radius 1 is 0.982 bits per heavy atom. The first-order valence-electron chi connectivity index (χ1n) is 18.7. The summed E-state index contributed by atoms with van der Waals surface area (Å²) in [4.78, 5) is 85.2. The number of fused-ring (bicyclic) bond motifs is 5. The third-order valence-electron chi connectivity index (χ3n) is 11.5. The maximum Gasteiger partial charge on any atom is 0.263 e. The zero-order chi connectivity index (χ0) is 38.8. The van der Waals surface area contributed by atoms with Gasteiger partial charge >= 0.3 is 0 Å². The van der Waals surface area contributed by atoms with Gasteiger partial charge in [0, 0.05) is 75.9 Å². The van der Waals surface area contributed by atoms with E-state index in [-0.39, 0.29) is 48.1 Å². The van der Waals surface area contributed by atoms with Gasteiger partial charge in [-0.2, -0.15) is 5.26 Å². The third-order valence-corrected chi connectivity index (χ3v) is 12.6. The molecule has 12 nitrogen and oxygen atoms in total. The summed E-state index contributed by atoms with van der Waals surface area (Å²) in [5, 5.41) is 15.7. The Morgan fingerprint density at radius 3 is 2.49 bits per heavy atom. The lowest BCUT2D eigenvalue weighted by molar-refractivity contribution is -0.136. The number of anilines is 1. The molecular formula is C42H40N6O6S. The number of carbonyl (C=O) groups excluding carboxylic acids is 6. The molecule has 2 saturated heterocycles. The quantitative estimate of drug-likeness (QED) is 0.163. The summed E-state index contributed by atoms with van der Waals surface area (Å²) < 4.78 is 0. The molecule has 4 heterocycles. The SMILES string of the molecule is CCc1cc2c(cc1N1CCC(NC(=O)CCSc3cccc4c3C(=O)N(C3CCC(=O)NC3=O)C4=O)CC1)C(C)(C)c1[nH]c3cc(C#N)ccc3c1C2=O. The van der Waals surface area contributed by atoms with Crippen LogP contribution in [-0.2, 0) is 26.2 Å². The van der Waals surface area contributed by atoms with Gasteiger partial charge in [-0.05, 0) is 73.2 Å². The molecule has 1 aliphatic carbocycles. The van der Waals surface area contributed by atoms with Crippen molar-refractivity contribution >= 4 is 63.7 Å². The molecular weight excluding hydrogens is 717 g/mol. The number of nitrogens with zero attached hydrogens (tertiary/aromatic N) is 3. The molecule has 13 heteroatoms. The lowest BCUT2D eigenvalue weighted by atomic mass is 9.70. The highest BCUT2D eigenvalue weighted by Gasteiger charge is 2.46. The van der Waals surface area contributed by atoms with E-state index in [1.54, 1.807) is 30.3 Å². The zero-order valence-electron chi connectivity index (χ0n) is 30.8. The maximum absolute atomic E-state index is 14.1. The van der Waals surface area contributed by atoms with E-state index in [0.717, 1.165) is 70.7 Å². The predicted octanol–water partition coefficient (Wildman–Crippen LogP) is 5.14. The highest BCUT2D eigenvalue weighted by atomic mass is 32.2. The second-order valence-electron chi connectivity index (χ2n) is 15.1. The molecule has 1 unspecified atom stereocenters. The summed E-state index contributed by atoms with van der Waals surface area (Å²) in [6.07, 6.45) is 2.63. The summed E-state index contributed by atoms with van der Waals surface area (Å²) >= 11 is 1.32. The van der Waals surface area contributed by atoms with E-state index in [4.69, 9.17) is 0 Å². The minimum atomic E-state index is -1.04. The van der Waals surface area contributed by atoms with Gasteiger partial charge in [-0.1, -0.05) is 32.9 Å². The van der Waals surface area contributed by atoms with Gasteiger partial charge in [-0.15, -0.1) is 11.8 Å². The molecule has 280 valence electrons. The van der Waals surface area contributed by atoms with Gasteiger partial charge in [-0.3, -0.25) is 39.0 Å². The van der Waals surface area contributed by atoms with E-state index in [0.29, 0.717) is 27.3 Å². The highest BCUT2D eigenvalue weighted by molar-refractivity contribution is 7.99. The maximum atomic E-state index is 14.1. The molecule has 0 radical (unpaired) electrons. The number of aryl methyl sites for hydroxylation is 1. The number of carbonyl (C=O) groups is 6. The Balaban J connectivity index is 0.899. The summed E-state index contributed by atoms with van der Waals surface area (Å²) in [5.41, 5.74) is 6.71. The fourth-order valence-electron chi connectivity index (χ4n) is 8.58. The lowest BCUT2D eigenvalue weighted by Crippen LogP contribution is -2.54. The minimum absolute atomic E-state index is 0.00364. The minimum Gasteiger partial charge on any atom is -0.371 e. The van der Waals surface area contributed by atoms with Gasteiger partial charge in [0.05, 0.1) is 28.3 Å². The second-order valence-corrected chi connectivity index (χ2v) is 16.3. The Labute approximate surface area is 322 Å². The number of hydrogen-bond acceptors (Lipinski definition) is 9. The molecule has 1 atom stereocenters. The van der Waals surface area contributed by atoms with Gasteiger partial charge < -0.3 is 15.2 Å². The number of H-pyrrole nitrogens is 1. The summed E-state index contributed by atoms with van der Waals surface area (Å²) in [6, 6.07) is 15.8. The number of hydrogen-bond donors (Lipinski definition) is 3. The molecule has 4 aliphatic rings. The smallest absolute Gasteiger partial charge is 0.263 e. The van der Waals surface area contributed by atoms with Gasteiger partial charge in [0.2, 0.25) is 17.7 Å². The number of thioether (sulfide) groups is 1. The van der Waals surface area contributed by atoms with E-state index in [2.05, 4.69) is 59.5 Å². The molecule has 3 aromatic carbocycles. The van der Waals surface area contributed by atoms with Crippen LogP contribution in [0.15, 0.2) is 53.4 Å². The number of aromatic amines is 1. The number of nitriles is 1. The molecule has 4 aromatic rings. The van der Waals surface area contributed by atoms with Crippen LogP contribution in [0.3, 0.4) is 0 Å². The van der Waals surface area contributed by atoms with Gasteiger partial charge in [0.1, 0.15) is 6.04 Å². The predicted molar refractivity (Wildman–Crippen MR) is 206 cm³/mol. The first-order chi connectivity index (χ1) is 26.4. The van der Waals surface area contributed by atoms with Gasteiger partial charge in [0.15, 0.2) is 5.78 Å². The van der Waals surface area contributed by atoms with Gasteiger partial charge in [0.25, 0.3) is 11.8 Å². The first-order valence-corrected chi connectivity index (χ1v) is 19.7. The Kier molecular flexibility index (Phi) is 9.12. The number of piperidine rings is 2. The van der Waals surface area contributed by atoms with Crippen LogP contribution < -0.4 is 15.5 Å². The van der Waals surface area contributed by atoms with Crippen molar-refractivity contribution in [1.82, 2.24) is 20.5 Å². The summed E-state index contributed by atoms with van der Waals surface area (Å²) in [5.74, 6) is -1.91. The number of nitrogens with one attached hydrogen (secondary N) is 3. The van der Waals surface area contributed by atoms with Crippen LogP contribution in [0, 0.1) is 11.3 Å². The molecule has 8 rings (SSSR count). The van der Waals surface area contributed by atoms with Crippen molar-refractivity contribution in [3.05, 3.63) is 93.2 Å². The molecule has 5 amide bonds. The third kappa shape index (κ3) is 6.09. The highest BCUT2D eigenvalue weighted by Crippen LogP contribution is 2.46. The van der Waals surface area contributed by atoms with Crippen LogP contribution >= 0.6 is 11.8 Å². The number of benzene rings is 3. The van der Waals surface area contributed by atoms with Crippen molar-refractivity contribution in [2.24, 2.45) is 0 Å². The Morgan fingerprint density at radius 2 is 1.76 bits per heavy atom. The molecule has 0 saturated carbocycles. The molecule has 55 heavy (non-hydrogen) atoms. The normalized spacial score (nSPS) is 19.2. The van der Waals surface area contributed by atoms with Crippen molar-refractivity contribution in [1.29, 1.82) is 5.26 Å². The number of imide groups is 2. The van der Waals surface area contributed by atoms with Crippen molar-refractivity contribution in [2.45, 2.75) is 81.7 Å². The van der Waals surface area contributed by atoms with Crippen LogP contribution in [0.2, 0.25) is 0 Å². The molecule has 2 fully saturated rings. The summed E-state index contributed by atoms with van der Waals surface area (Å²) in [6.45, 7) is 7.84. The largest absolute Gasteiger partial charge is 0.371 e. The summed E-state index contributed by atoms with van der Waals surface area (Å²) in [7, 11) is 0. The molecule has 3 aliphatic heterocycles. The fraction of sp³-hybridized carbons (Fsp3) is 0.357. The van der Waals surface area contributed by atoms with Gasteiger partial charge in [-0.25, -0.2) is 0 Å². The number of ketones is 1. The van der Waals surface area contributed by atoms with Crippen LogP contribution in [0.5, 0.6) is 0 Å². The van der Waals surface area contributed by atoms with E-state index in [1.165, 1.54) is 11.8 Å². The monoisotopic (exact) mass is 756 g/mol. The van der Waals surface area contributed by atoms with E-state index in [9.17, 15) is 34.0 Å². The van der Waals surface area contributed by atoms with Crippen LogP contribution in [0.25, 0.3) is 10.9 Å². The number of rotatable bonds is 8. The number of aromatic nitrogens is 1. The lowest BCUT2D eigenvalue weighted by Gasteiger charge is -2.38. The van der Waals surface area contributed by atoms with E-state index >= 15 is 0 Å². The van der Waals surface area contributed by atoms with E-state index < -0.39 is 35.1 Å². The van der Waals surface area contributed by atoms with Crippen molar-refractivity contribution in [3.8, 4) is 6.07 Å². The molecule has 1 aromatic heterocycles. The second kappa shape index (κ2) is 13.8. The average Bonchev–Trinajstić information content (AvgIpc) is 3.69. The molecule has 0 bridgehead atoms. The molecule has 3 N–H and O–H groups in total.